The van der Waals surface area contributed by atoms with Crippen LogP contribution >= 0.6 is 0 Å². The van der Waals surface area contributed by atoms with Crippen LogP contribution in [-0.2, 0) is 13.5 Å². The van der Waals surface area contributed by atoms with Gasteiger partial charge in [-0.15, -0.1) is 0 Å². The van der Waals surface area contributed by atoms with Crippen LogP contribution in [0.3, 0.4) is 0 Å². The predicted molar refractivity (Wildman–Crippen MR) is 123 cm³/mol. The van der Waals surface area contributed by atoms with Crippen LogP contribution in [0.2, 0.25) is 0 Å². The van der Waals surface area contributed by atoms with E-state index in [1.54, 1.807) is 15.8 Å². The van der Waals surface area contributed by atoms with Crippen LogP contribution in [0, 0.1) is 13.8 Å². The minimum absolute atomic E-state index is 0.00309. The highest BCUT2D eigenvalue weighted by atomic mass is 16.2. The standard InChI is InChI=1S/C25H27N5O/c1-16-9-10-26-20(11-16)12-18(3)30(5)25(31)22-13-23(19-14-27-29(4)15-19)28-24-17(2)7-6-8-21(22)24/h6-11,13-15,18H,12H2,1-5H3. The predicted octanol–water partition coefficient (Wildman–Crippen LogP) is 4.35. The molecule has 0 saturated carbocycles. The van der Waals surface area contributed by atoms with Crippen molar-refractivity contribution in [2.24, 2.45) is 7.05 Å². The van der Waals surface area contributed by atoms with Crippen molar-refractivity contribution in [1.82, 2.24) is 24.6 Å². The van der Waals surface area contributed by atoms with Gasteiger partial charge in [0.15, 0.2) is 0 Å². The maximum absolute atomic E-state index is 13.6. The van der Waals surface area contributed by atoms with E-state index in [1.807, 2.05) is 63.7 Å². The Morgan fingerprint density at radius 1 is 1.19 bits per heavy atom. The molecule has 0 spiro atoms. The summed E-state index contributed by atoms with van der Waals surface area (Å²) in [5.41, 5.74) is 6.33. The van der Waals surface area contributed by atoms with E-state index < -0.39 is 0 Å². The van der Waals surface area contributed by atoms with Crippen molar-refractivity contribution in [1.29, 1.82) is 0 Å². The van der Waals surface area contributed by atoms with Crippen LogP contribution in [0.5, 0.6) is 0 Å². The summed E-state index contributed by atoms with van der Waals surface area (Å²) in [7, 11) is 3.73. The third-order valence-corrected chi connectivity index (χ3v) is 5.73. The molecule has 0 aliphatic carbocycles. The van der Waals surface area contributed by atoms with Crippen LogP contribution in [0.4, 0.5) is 0 Å². The zero-order valence-electron chi connectivity index (χ0n) is 18.6. The van der Waals surface area contributed by atoms with Crippen molar-refractivity contribution in [2.45, 2.75) is 33.2 Å². The fourth-order valence-electron chi connectivity index (χ4n) is 3.81. The molecule has 3 aromatic heterocycles. The van der Waals surface area contributed by atoms with Gasteiger partial charge in [-0.1, -0.05) is 18.2 Å². The fourth-order valence-corrected chi connectivity index (χ4v) is 3.81. The average molecular weight is 414 g/mol. The smallest absolute Gasteiger partial charge is 0.254 e. The van der Waals surface area contributed by atoms with Crippen LogP contribution in [0.25, 0.3) is 22.2 Å². The van der Waals surface area contributed by atoms with Gasteiger partial charge in [0.1, 0.15) is 0 Å². The molecular weight excluding hydrogens is 386 g/mol. The number of pyridine rings is 2. The molecule has 0 saturated heterocycles. The summed E-state index contributed by atoms with van der Waals surface area (Å²) in [6, 6.07) is 11.9. The Morgan fingerprint density at radius 2 is 2.00 bits per heavy atom. The second-order valence-electron chi connectivity index (χ2n) is 8.22. The van der Waals surface area contributed by atoms with E-state index in [1.165, 1.54) is 5.56 Å². The molecule has 158 valence electrons. The van der Waals surface area contributed by atoms with Crippen LogP contribution in [0.1, 0.15) is 34.1 Å². The number of hydrogen-bond donors (Lipinski definition) is 0. The Balaban J connectivity index is 1.73. The van der Waals surface area contributed by atoms with Crippen molar-refractivity contribution in [3.05, 3.63) is 77.4 Å². The maximum atomic E-state index is 13.6. The van der Waals surface area contributed by atoms with Crippen molar-refractivity contribution in [2.75, 3.05) is 7.05 Å². The van der Waals surface area contributed by atoms with Gasteiger partial charge in [0, 0.05) is 55.6 Å². The van der Waals surface area contributed by atoms with Crippen molar-refractivity contribution in [3.63, 3.8) is 0 Å². The van der Waals surface area contributed by atoms with Gasteiger partial charge < -0.3 is 4.90 Å². The second kappa shape index (κ2) is 8.30. The molecule has 0 bridgehead atoms. The highest BCUT2D eigenvalue weighted by molar-refractivity contribution is 6.07. The van der Waals surface area contributed by atoms with Crippen LogP contribution in [0.15, 0.2) is 55.0 Å². The molecule has 6 nitrogen and oxygen atoms in total. The Hall–Kier alpha value is -3.54. The summed E-state index contributed by atoms with van der Waals surface area (Å²) in [5, 5.41) is 5.13. The first-order valence-electron chi connectivity index (χ1n) is 10.4. The largest absolute Gasteiger partial charge is 0.339 e. The number of amides is 1. The molecule has 0 fully saturated rings. The van der Waals surface area contributed by atoms with E-state index in [0.717, 1.165) is 33.4 Å². The number of hydrogen-bond acceptors (Lipinski definition) is 4. The minimum atomic E-state index is -0.0247. The number of carbonyl (C=O) groups excluding carboxylic acids is 1. The average Bonchev–Trinajstić information content (AvgIpc) is 3.18. The van der Waals surface area contributed by atoms with Crippen LogP contribution < -0.4 is 0 Å². The van der Waals surface area contributed by atoms with Gasteiger partial charge in [-0.25, -0.2) is 4.98 Å². The van der Waals surface area contributed by atoms with Gasteiger partial charge in [-0.3, -0.25) is 14.5 Å². The number of carbonyl (C=O) groups is 1. The number of nitrogens with zero attached hydrogens (tertiary/aromatic N) is 5. The molecule has 3 heterocycles. The molecule has 4 aromatic rings. The number of rotatable bonds is 5. The molecule has 1 unspecified atom stereocenters. The number of benzene rings is 1. The first-order chi connectivity index (χ1) is 14.8. The third-order valence-electron chi connectivity index (χ3n) is 5.73. The Bertz CT molecular complexity index is 1260. The highest BCUT2D eigenvalue weighted by Crippen LogP contribution is 2.28. The Labute approximate surface area is 182 Å². The molecule has 0 N–H and O–H groups in total. The molecule has 0 aliphatic heterocycles. The van der Waals surface area contributed by atoms with Crippen molar-refractivity contribution in [3.8, 4) is 11.3 Å². The normalized spacial score (nSPS) is 12.2. The van der Waals surface area contributed by atoms with Gasteiger partial charge in [0.25, 0.3) is 5.91 Å². The van der Waals surface area contributed by atoms with E-state index >= 15 is 0 Å². The summed E-state index contributed by atoms with van der Waals surface area (Å²) in [6.45, 7) is 6.13. The topological polar surface area (TPSA) is 63.9 Å². The van der Waals surface area contributed by atoms with E-state index in [2.05, 4.69) is 30.0 Å². The number of likely N-dealkylation sites (N-methyl/N-ethyl adjacent to an activating group) is 1. The summed E-state index contributed by atoms with van der Waals surface area (Å²) in [6.07, 6.45) is 6.20. The van der Waals surface area contributed by atoms with E-state index in [-0.39, 0.29) is 11.9 Å². The summed E-state index contributed by atoms with van der Waals surface area (Å²) >= 11 is 0. The van der Waals surface area contributed by atoms with E-state index in [9.17, 15) is 4.79 Å². The second-order valence-corrected chi connectivity index (χ2v) is 8.22. The molecule has 4 rings (SSSR count). The van der Waals surface area contributed by atoms with Gasteiger partial charge in [-0.2, -0.15) is 5.10 Å². The summed E-state index contributed by atoms with van der Waals surface area (Å²) < 4.78 is 1.74. The van der Waals surface area contributed by atoms with Crippen LogP contribution in [-0.4, -0.2) is 43.6 Å². The summed E-state index contributed by atoms with van der Waals surface area (Å²) in [4.78, 5) is 24.7. The van der Waals surface area contributed by atoms with E-state index in [4.69, 9.17) is 4.98 Å². The zero-order valence-corrected chi connectivity index (χ0v) is 18.6. The molecular formula is C25H27N5O. The monoisotopic (exact) mass is 413 g/mol. The van der Waals surface area contributed by atoms with Crippen molar-refractivity contribution < 1.29 is 4.79 Å². The molecule has 1 atom stereocenters. The number of fused-ring (bicyclic) bond motifs is 1. The molecule has 1 aromatic carbocycles. The molecule has 6 heteroatoms. The molecule has 31 heavy (non-hydrogen) atoms. The van der Waals surface area contributed by atoms with Gasteiger partial charge in [0.2, 0.25) is 0 Å². The Morgan fingerprint density at radius 3 is 2.71 bits per heavy atom. The molecule has 0 radical (unpaired) electrons. The zero-order chi connectivity index (χ0) is 22.1. The minimum Gasteiger partial charge on any atom is -0.339 e. The third kappa shape index (κ3) is 4.19. The number of aromatic nitrogens is 4. The first kappa shape index (κ1) is 20.7. The highest BCUT2D eigenvalue weighted by Gasteiger charge is 2.22. The lowest BCUT2D eigenvalue weighted by Gasteiger charge is -2.26. The molecule has 0 aliphatic rings. The number of aryl methyl sites for hydroxylation is 3. The lowest BCUT2D eigenvalue weighted by molar-refractivity contribution is 0.0745. The Kier molecular flexibility index (Phi) is 5.55. The number of para-hydroxylation sites is 1. The molecule has 1 amide bonds. The van der Waals surface area contributed by atoms with Crippen molar-refractivity contribution >= 4 is 16.8 Å². The lowest BCUT2D eigenvalue weighted by Crippen LogP contribution is -2.36. The SMILES string of the molecule is Cc1ccnc(CC(C)N(C)C(=O)c2cc(-c3cnn(C)c3)nc3c(C)cccc23)c1. The summed E-state index contributed by atoms with van der Waals surface area (Å²) in [5.74, 6) is -0.0247. The maximum Gasteiger partial charge on any atom is 0.254 e. The fraction of sp³-hybridized carbons (Fsp3) is 0.280. The van der Waals surface area contributed by atoms with Gasteiger partial charge >= 0.3 is 0 Å². The lowest BCUT2D eigenvalue weighted by atomic mass is 10.0. The van der Waals surface area contributed by atoms with Gasteiger partial charge in [-0.05, 0) is 50.1 Å². The quantitative estimate of drug-likeness (QED) is 0.488. The van der Waals surface area contributed by atoms with E-state index in [0.29, 0.717) is 12.0 Å². The van der Waals surface area contributed by atoms with Gasteiger partial charge in [0.05, 0.1) is 23.0 Å². The first-order valence-corrected chi connectivity index (χ1v) is 10.4.